The highest BCUT2D eigenvalue weighted by atomic mass is 79.9. The molecule has 2 rings (SSSR count). The van der Waals surface area contributed by atoms with Gasteiger partial charge in [-0.3, -0.25) is 0 Å². The Balaban J connectivity index is 2.52. The van der Waals surface area contributed by atoms with E-state index >= 15 is 0 Å². The van der Waals surface area contributed by atoms with Crippen LogP contribution in [0.2, 0.25) is 0 Å². The lowest BCUT2D eigenvalue weighted by Gasteiger charge is -2.00. The minimum absolute atomic E-state index is 0.112. The number of halogens is 1. The molecule has 0 spiro atoms. The monoisotopic (exact) mass is 267 g/mol. The summed E-state index contributed by atoms with van der Waals surface area (Å²) >= 11 is 3.17. The Morgan fingerprint density at radius 1 is 1.47 bits per heavy atom. The second-order valence-electron chi connectivity index (χ2n) is 2.75. The number of carboxylic acid groups (broad SMARTS) is 1. The van der Waals surface area contributed by atoms with Crippen molar-refractivity contribution in [1.29, 1.82) is 0 Å². The van der Waals surface area contributed by atoms with E-state index in [-0.39, 0.29) is 5.56 Å². The molecule has 0 amide bonds. The Bertz CT molecular complexity index is 495. The smallest absolute Gasteiger partial charge is 0.340 e. The fourth-order valence-electron chi connectivity index (χ4n) is 1.12. The molecular formula is C9H6BrN3O2. The molecule has 0 saturated heterocycles. The highest BCUT2D eigenvalue weighted by Gasteiger charge is 2.15. The number of carbonyl (C=O) groups is 1. The van der Waals surface area contributed by atoms with E-state index in [9.17, 15) is 4.79 Å². The molecule has 0 aliphatic carbocycles. The molecular weight excluding hydrogens is 262 g/mol. The van der Waals surface area contributed by atoms with E-state index in [1.54, 1.807) is 24.4 Å². The quantitative estimate of drug-likeness (QED) is 0.900. The van der Waals surface area contributed by atoms with Crippen LogP contribution in [0, 0.1) is 0 Å². The number of hydrogen-bond donors (Lipinski definition) is 1. The van der Waals surface area contributed by atoms with Gasteiger partial charge in [0.15, 0.2) is 5.82 Å². The molecule has 0 atom stereocenters. The normalized spacial score (nSPS) is 10.2. The zero-order chi connectivity index (χ0) is 10.8. The minimum Gasteiger partial charge on any atom is -0.478 e. The zero-order valence-electron chi connectivity index (χ0n) is 7.46. The SMILES string of the molecule is O=C(O)c1cnn(-c2ccccn2)c1Br. The summed E-state index contributed by atoms with van der Waals surface area (Å²) in [6, 6.07) is 5.32. The van der Waals surface area contributed by atoms with Gasteiger partial charge in [-0.2, -0.15) is 5.10 Å². The second-order valence-corrected chi connectivity index (χ2v) is 3.51. The molecule has 0 bridgehead atoms. The summed E-state index contributed by atoms with van der Waals surface area (Å²) in [5.41, 5.74) is 0.112. The van der Waals surface area contributed by atoms with Crippen LogP contribution >= 0.6 is 15.9 Å². The maximum atomic E-state index is 10.8. The van der Waals surface area contributed by atoms with E-state index in [1.165, 1.54) is 10.9 Å². The topological polar surface area (TPSA) is 68.0 Å². The van der Waals surface area contributed by atoms with Crippen molar-refractivity contribution < 1.29 is 9.90 Å². The Morgan fingerprint density at radius 2 is 2.27 bits per heavy atom. The van der Waals surface area contributed by atoms with Gasteiger partial charge in [0, 0.05) is 6.20 Å². The Morgan fingerprint density at radius 3 is 2.80 bits per heavy atom. The maximum absolute atomic E-state index is 10.8. The summed E-state index contributed by atoms with van der Waals surface area (Å²) in [6.45, 7) is 0. The number of aromatic nitrogens is 3. The fourth-order valence-corrected chi connectivity index (χ4v) is 1.66. The molecule has 0 fully saturated rings. The van der Waals surface area contributed by atoms with Crippen LogP contribution in [0.1, 0.15) is 10.4 Å². The maximum Gasteiger partial charge on any atom is 0.340 e. The van der Waals surface area contributed by atoms with Crippen molar-refractivity contribution in [1.82, 2.24) is 14.8 Å². The summed E-state index contributed by atoms with van der Waals surface area (Å²) in [7, 11) is 0. The lowest BCUT2D eigenvalue weighted by atomic mass is 10.4. The number of rotatable bonds is 2. The molecule has 0 unspecified atom stereocenters. The predicted molar refractivity (Wildman–Crippen MR) is 56.0 cm³/mol. The van der Waals surface area contributed by atoms with Crippen LogP contribution in [0.25, 0.3) is 5.82 Å². The Labute approximate surface area is 93.5 Å². The molecule has 6 heteroatoms. The molecule has 76 valence electrons. The molecule has 0 aliphatic rings. The molecule has 0 aromatic carbocycles. The van der Waals surface area contributed by atoms with Gasteiger partial charge in [0.2, 0.25) is 0 Å². The van der Waals surface area contributed by atoms with Crippen LogP contribution in [0.15, 0.2) is 35.2 Å². The average molecular weight is 268 g/mol. The van der Waals surface area contributed by atoms with Gasteiger partial charge in [0.05, 0.1) is 6.20 Å². The largest absolute Gasteiger partial charge is 0.478 e. The van der Waals surface area contributed by atoms with Crippen LogP contribution in [-0.2, 0) is 0 Å². The van der Waals surface area contributed by atoms with Gasteiger partial charge in [0.1, 0.15) is 10.2 Å². The Hall–Kier alpha value is -1.69. The minimum atomic E-state index is -1.02. The van der Waals surface area contributed by atoms with Crippen molar-refractivity contribution in [3.63, 3.8) is 0 Å². The van der Waals surface area contributed by atoms with Crippen molar-refractivity contribution in [3.05, 3.63) is 40.8 Å². The van der Waals surface area contributed by atoms with E-state index in [0.29, 0.717) is 10.4 Å². The van der Waals surface area contributed by atoms with Gasteiger partial charge in [0.25, 0.3) is 0 Å². The van der Waals surface area contributed by atoms with Crippen LogP contribution in [0.4, 0.5) is 0 Å². The van der Waals surface area contributed by atoms with E-state index in [0.717, 1.165) is 0 Å². The third kappa shape index (κ3) is 1.75. The summed E-state index contributed by atoms with van der Waals surface area (Å²) in [5.74, 6) is -0.457. The van der Waals surface area contributed by atoms with Gasteiger partial charge in [-0.1, -0.05) is 6.07 Å². The number of pyridine rings is 1. The van der Waals surface area contributed by atoms with Crippen LogP contribution < -0.4 is 0 Å². The molecule has 1 N–H and O–H groups in total. The molecule has 15 heavy (non-hydrogen) atoms. The van der Waals surface area contributed by atoms with Crippen molar-refractivity contribution >= 4 is 21.9 Å². The molecule has 5 nitrogen and oxygen atoms in total. The summed E-state index contributed by atoms with van der Waals surface area (Å²) < 4.78 is 1.80. The van der Waals surface area contributed by atoms with Crippen LogP contribution in [-0.4, -0.2) is 25.8 Å². The van der Waals surface area contributed by atoms with Crippen molar-refractivity contribution in [2.24, 2.45) is 0 Å². The highest BCUT2D eigenvalue weighted by Crippen LogP contribution is 2.19. The first-order chi connectivity index (χ1) is 7.20. The number of hydrogen-bond acceptors (Lipinski definition) is 3. The number of nitrogens with zero attached hydrogens (tertiary/aromatic N) is 3. The van der Waals surface area contributed by atoms with Gasteiger partial charge < -0.3 is 5.11 Å². The summed E-state index contributed by atoms with van der Waals surface area (Å²) in [6.07, 6.45) is 2.89. The van der Waals surface area contributed by atoms with Gasteiger partial charge in [-0.05, 0) is 28.1 Å². The third-order valence-electron chi connectivity index (χ3n) is 1.81. The van der Waals surface area contributed by atoms with E-state index in [4.69, 9.17) is 5.11 Å². The van der Waals surface area contributed by atoms with Gasteiger partial charge in [-0.15, -0.1) is 0 Å². The Kier molecular flexibility index (Phi) is 2.51. The molecule has 0 aliphatic heterocycles. The standard InChI is InChI=1S/C9H6BrN3O2/c10-8-6(9(14)15)5-12-13(8)7-3-1-2-4-11-7/h1-5H,(H,14,15). The summed E-state index contributed by atoms with van der Waals surface area (Å²) in [5, 5.41) is 12.8. The predicted octanol–water partition coefficient (Wildman–Crippen LogP) is 1.73. The van der Waals surface area contributed by atoms with E-state index in [1.807, 2.05) is 0 Å². The van der Waals surface area contributed by atoms with Crippen LogP contribution in [0.5, 0.6) is 0 Å². The average Bonchev–Trinajstić information content (AvgIpc) is 2.61. The van der Waals surface area contributed by atoms with Crippen molar-refractivity contribution in [3.8, 4) is 5.82 Å². The van der Waals surface area contributed by atoms with E-state index < -0.39 is 5.97 Å². The van der Waals surface area contributed by atoms with Gasteiger partial charge >= 0.3 is 5.97 Å². The highest BCUT2D eigenvalue weighted by molar-refractivity contribution is 9.10. The first kappa shape index (κ1) is 9.85. The number of aromatic carboxylic acids is 1. The first-order valence-electron chi connectivity index (χ1n) is 4.08. The molecule has 0 saturated carbocycles. The first-order valence-corrected chi connectivity index (χ1v) is 4.87. The third-order valence-corrected chi connectivity index (χ3v) is 2.57. The summed E-state index contributed by atoms with van der Waals surface area (Å²) in [4.78, 5) is 14.8. The fraction of sp³-hybridized carbons (Fsp3) is 0. The number of carboxylic acids is 1. The molecule has 2 heterocycles. The molecule has 2 aromatic rings. The van der Waals surface area contributed by atoms with Crippen molar-refractivity contribution in [2.45, 2.75) is 0 Å². The lowest BCUT2D eigenvalue weighted by Crippen LogP contribution is -2.00. The van der Waals surface area contributed by atoms with Crippen molar-refractivity contribution in [2.75, 3.05) is 0 Å². The molecule has 0 radical (unpaired) electrons. The van der Waals surface area contributed by atoms with Gasteiger partial charge in [-0.25, -0.2) is 14.5 Å². The van der Waals surface area contributed by atoms with Crippen LogP contribution in [0.3, 0.4) is 0 Å². The lowest BCUT2D eigenvalue weighted by molar-refractivity contribution is 0.0696. The second kappa shape index (κ2) is 3.82. The zero-order valence-corrected chi connectivity index (χ0v) is 9.05. The van der Waals surface area contributed by atoms with E-state index in [2.05, 4.69) is 26.0 Å². The molecule has 2 aromatic heterocycles.